The molecule has 0 aromatic heterocycles. The normalized spacial score (nSPS) is 29.0. The highest BCUT2D eigenvalue weighted by molar-refractivity contribution is 5.87. The molecule has 2 aliphatic rings. The molecule has 114 valence electrons. The van der Waals surface area contributed by atoms with Gasteiger partial charge in [-0.05, 0) is 37.8 Å². The average Bonchev–Trinajstić information content (AvgIpc) is 3.18. The zero-order chi connectivity index (χ0) is 14.7. The summed E-state index contributed by atoms with van der Waals surface area (Å²) in [6.07, 6.45) is 5.26. The minimum Gasteiger partial charge on any atom is -0.340 e. The third kappa shape index (κ3) is 2.84. The summed E-state index contributed by atoms with van der Waals surface area (Å²) in [4.78, 5) is 15.1. The maximum Gasteiger partial charge on any atom is 0.242 e. The molecule has 0 spiro atoms. The van der Waals surface area contributed by atoms with E-state index in [0.29, 0.717) is 11.8 Å². The number of nitrogens with zero attached hydrogens (tertiary/aromatic N) is 1. The first-order valence-electron chi connectivity index (χ1n) is 8.34. The highest BCUT2D eigenvalue weighted by atomic mass is 16.2. The first-order valence-corrected chi connectivity index (χ1v) is 8.34. The van der Waals surface area contributed by atoms with E-state index in [1.807, 2.05) is 0 Å². The number of carbonyl (C=O) groups is 1. The van der Waals surface area contributed by atoms with E-state index >= 15 is 0 Å². The summed E-state index contributed by atoms with van der Waals surface area (Å²) in [5.74, 6) is 0.857. The van der Waals surface area contributed by atoms with Crippen LogP contribution in [0.15, 0.2) is 30.3 Å². The summed E-state index contributed by atoms with van der Waals surface area (Å²) in [7, 11) is 0. The van der Waals surface area contributed by atoms with Gasteiger partial charge in [0, 0.05) is 19.0 Å². The molecule has 21 heavy (non-hydrogen) atoms. The summed E-state index contributed by atoms with van der Waals surface area (Å²) in [6, 6.07) is 10.6. The minimum absolute atomic E-state index is 0.264. The van der Waals surface area contributed by atoms with Gasteiger partial charge in [0.15, 0.2) is 0 Å². The summed E-state index contributed by atoms with van der Waals surface area (Å²) < 4.78 is 0. The Morgan fingerprint density at radius 3 is 2.86 bits per heavy atom. The van der Waals surface area contributed by atoms with E-state index in [0.717, 1.165) is 51.7 Å². The largest absolute Gasteiger partial charge is 0.340 e. The lowest BCUT2D eigenvalue weighted by atomic mass is 9.90. The second-order valence-electron chi connectivity index (χ2n) is 6.51. The van der Waals surface area contributed by atoms with Gasteiger partial charge < -0.3 is 10.2 Å². The molecule has 1 aromatic carbocycles. The molecule has 2 unspecified atom stereocenters. The van der Waals surface area contributed by atoms with Crippen LogP contribution in [0, 0.1) is 0 Å². The Balaban J connectivity index is 1.69. The van der Waals surface area contributed by atoms with Gasteiger partial charge in [0.1, 0.15) is 0 Å². The molecule has 2 heterocycles. The Bertz CT molecular complexity index is 479. The molecule has 0 saturated carbocycles. The summed E-state index contributed by atoms with van der Waals surface area (Å²) in [6.45, 7) is 4.95. The average molecular weight is 286 g/mol. The number of rotatable bonds is 4. The first kappa shape index (κ1) is 14.6. The predicted octanol–water partition coefficient (Wildman–Crippen LogP) is 2.92. The molecule has 2 atom stereocenters. The van der Waals surface area contributed by atoms with E-state index in [1.54, 1.807) is 0 Å². The molecule has 2 aliphatic heterocycles. The van der Waals surface area contributed by atoms with Crippen molar-refractivity contribution >= 4 is 5.91 Å². The van der Waals surface area contributed by atoms with Crippen molar-refractivity contribution in [2.24, 2.45) is 0 Å². The number of nitrogens with one attached hydrogen (secondary N) is 1. The lowest BCUT2D eigenvalue weighted by Crippen LogP contribution is -2.54. The van der Waals surface area contributed by atoms with Crippen LogP contribution in [0.1, 0.15) is 50.5 Å². The Kier molecular flexibility index (Phi) is 4.29. The van der Waals surface area contributed by atoms with Crippen LogP contribution in [-0.4, -0.2) is 36.0 Å². The maximum atomic E-state index is 13.0. The highest BCUT2D eigenvalue weighted by Crippen LogP contribution is 2.32. The molecule has 2 saturated heterocycles. The van der Waals surface area contributed by atoms with Crippen molar-refractivity contribution in [2.75, 3.05) is 19.6 Å². The fourth-order valence-corrected chi connectivity index (χ4v) is 3.98. The van der Waals surface area contributed by atoms with Crippen LogP contribution >= 0.6 is 0 Å². The quantitative estimate of drug-likeness (QED) is 0.923. The van der Waals surface area contributed by atoms with Crippen molar-refractivity contribution in [3.05, 3.63) is 35.9 Å². The van der Waals surface area contributed by atoms with Gasteiger partial charge in [0.25, 0.3) is 0 Å². The van der Waals surface area contributed by atoms with Gasteiger partial charge in [-0.1, -0.05) is 43.7 Å². The fourth-order valence-electron chi connectivity index (χ4n) is 3.98. The van der Waals surface area contributed by atoms with Crippen LogP contribution in [0.5, 0.6) is 0 Å². The number of hydrogen-bond donors (Lipinski definition) is 1. The SMILES string of the molecule is CCCC1(C(=O)N2CCC(c3ccccc3)C2)CCCN1. The monoisotopic (exact) mass is 286 g/mol. The first-order chi connectivity index (χ1) is 10.2. The second-order valence-corrected chi connectivity index (χ2v) is 6.51. The van der Waals surface area contributed by atoms with Gasteiger partial charge in [0.05, 0.1) is 5.54 Å². The molecular formula is C18H26N2O. The molecule has 0 bridgehead atoms. The molecular weight excluding hydrogens is 260 g/mol. The van der Waals surface area contributed by atoms with Crippen molar-refractivity contribution in [2.45, 2.75) is 50.5 Å². The number of amides is 1. The van der Waals surface area contributed by atoms with Crippen molar-refractivity contribution in [3.8, 4) is 0 Å². The lowest BCUT2D eigenvalue weighted by Gasteiger charge is -2.32. The predicted molar refractivity (Wildman–Crippen MR) is 85.3 cm³/mol. The molecule has 1 N–H and O–H groups in total. The van der Waals surface area contributed by atoms with E-state index in [-0.39, 0.29) is 5.54 Å². The standard InChI is InChI=1S/C18H26N2O/c1-2-10-18(11-6-12-19-18)17(21)20-13-9-16(14-20)15-7-4-3-5-8-15/h3-5,7-8,16,19H,2,6,9-14H2,1H3. The Morgan fingerprint density at radius 2 is 2.19 bits per heavy atom. The second kappa shape index (κ2) is 6.18. The number of hydrogen-bond acceptors (Lipinski definition) is 2. The van der Waals surface area contributed by atoms with Crippen LogP contribution in [-0.2, 0) is 4.79 Å². The van der Waals surface area contributed by atoms with Crippen molar-refractivity contribution in [1.29, 1.82) is 0 Å². The molecule has 1 amide bonds. The van der Waals surface area contributed by atoms with Gasteiger partial charge >= 0.3 is 0 Å². The summed E-state index contributed by atoms with van der Waals surface area (Å²) >= 11 is 0. The van der Waals surface area contributed by atoms with Crippen LogP contribution in [0.3, 0.4) is 0 Å². The zero-order valence-electron chi connectivity index (χ0n) is 13.0. The van der Waals surface area contributed by atoms with Crippen LogP contribution in [0.25, 0.3) is 0 Å². The number of carbonyl (C=O) groups excluding carboxylic acids is 1. The van der Waals surface area contributed by atoms with Crippen LogP contribution in [0.4, 0.5) is 0 Å². The molecule has 3 heteroatoms. The van der Waals surface area contributed by atoms with Gasteiger partial charge in [-0.25, -0.2) is 0 Å². The third-order valence-electron chi connectivity index (χ3n) is 5.08. The summed E-state index contributed by atoms with van der Waals surface area (Å²) in [5, 5.41) is 3.51. The maximum absolute atomic E-state index is 13.0. The number of likely N-dealkylation sites (tertiary alicyclic amines) is 1. The van der Waals surface area contributed by atoms with Crippen molar-refractivity contribution in [3.63, 3.8) is 0 Å². The molecule has 3 nitrogen and oxygen atoms in total. The van der Waals surface area contributed by atoms with Crippen LogP contribution < -0.4 is 5.32 Å². The van der Waals surface area contributed by atoms with E-state index in [4.69, 9.17) is 0 Å². The molecule has 0 radical (unpaired) electrons. The van der Waals surface area contributed by atoms with Gasteiger partial charge in [-0.3, -0.25) is 4.79 Å². The molecule has 1 aromatic rings. The van der Waals surface area contributed by atoms with E-state index in [9.17, 15) is 4.79 Å². The van der Waals surface area contributed by atoms with Gasteiger partial charge in [0.2, 0.25) is 5.91 Å². The molecule has 0 aliphatic carbocycles. The zero-order valence-corrected chi connectivity index (χ0v) is 13.0. The fraction of sp³-hybridized carbons (Fsp3) is 0.611. The number of benzene rings is 1. The minimum atomic E-state index is -0.264. The topological polar surface area (TPSA) is 32.3 Å². The molecule has 3 rings (SSSR count). The van der Waals surface area contributed by atoms with E-state index in [2.05, 4.69) is 47.5 Å². The molecule has 2 fully saturated rings. The van der Waals surface area contributed by atoms with Gasteiger partial charge in [-0.15, -0.1) is 0 Å². The highest BCUT2D eigenvalue weighted by Gasteiger charge is 2.44. The van der Waals surface area contributed by atoms with E-state index in [1.165, 1.54) is 5.56 Å². The lowest BCUT2D eigenvalue weighted by molar-refractivity contribution is -0.137. The smallest absolute Gasteiger partial charge is 0.242 e. The Hall–Kier alpha value is -1.35. The summed E-state index contributed by atoms with van der Waals surface area (Å²) in [5.41, 5.74) is 1.11. The van der Waals surface area contributed by atoms with Crippen molar-refractivity contribution in [1.82, 2.24) is 10.2 Å². The Morgan fingerprint density at radius 1 is 1.38 bits per heavy atom. The van der Waals surface area contributed by atoms with Crippen molar-refractivity contribution < 1.29 is 4.79 Å². The third-order valence-corrected chi connectivity index (χ3v) is 5.08. The van der Waals surface area contributed by atoms with E-state index < -0.39 is 0 Å². The van der Waals surface area contributed by atoms with Crippen LogP contribution in [0.2, 0.25) is 0 Å². The van der Waals surface area contributed by atoms with Gasteiger partial charge in [-0.2, -0.15) is 0 Å². The Labute approximate surface area is 127 Å².